The molecule has 1 aliphatic rings. The number of nitrogens with two attached hydrogens (primary N) is 1. The second-order valence-electron chi connectivity index (χ2n) is 5.44. The van der Waals surface area contributed by atoms with E-state index in [9.17, 15) is 9.46 Å². The van der Waals surface area contributed by atoms with Crippen LogP contribution in [-0.2, 0) is 20.7 Å². The molecule has 1 aliphatic carbocycles. The first-order valence-corrected chi connectivity index (χ1v) is 8.43. The predicted octanol–water partition coefficient (Wildman–Crippen LogP) is 0.950. The molecule has 3 unspecified atom stereocenters. The molecule has 0 amide bonds. The number of rotatable bonds is 5. The van der Waals surface area contributed by atoms with Gasteiger partial charge in [-0.2, -0.15) is 4.98 Å². The largest absolute Gasteiger partial charge is 0.368 e. The predicted molar refractivity (Wildman–Crippen MR) is 74.2 cm³/mol. The van der Waals surface area contributed by atoms with Gasteiger partial charge in [0, 0.05) is 6.66 Å². The number of anilines is 1. The van der Waals surface area contributed by atoms with Gasteiger partial charge in [0.25, 0.3) is 0 Å². The molecule has 0 spiro atoms. The van der Waals surface area contributed by atoms with Crippen molar-refractivity contribution < 1.29 is 19.0 Å². The highest BCUT2D eigenvalue weighted by Crippen LogP contribution is 2.51. The van der Waals surface area contributed by atoms with Gasteiger partial charge in [-0.3, -0.25) is 4.57 Å². The summed E-state index contributed by atoms with van der Waals surface area (Å²) in [5.41, 5.74) is 6.15. The summed E-state index contributed by atoms with van der Waals surface area (Å²) in [6.45, 7) is 3.46. The number of nitrogens with zero attached hydrogens (tertiary/aromatic N) is 4. The first kappa shape index (κ1) is 14.4. The Kier molecular flexibility index (Phi) is 3.25. The molecule has 3 rings (SSSR count). The zero-order chi connectivity index (χ0) is 15.3. The summed E-state index contributed by atoms with van der Waals surface area (Å²) in [5, 5.41) is 0. The molecule has 114 valence electrons. The Morgan fingerprint density at radius 2 is 2.33 bits per heavy atom. The van der Waals surface area contributed by atoms with E-state index in [-0.39, 0.29) is 11.9 Å². The van der Waals surface area contributed by atoms with E-state index >= 15 is 0 Å². The van der Waals surface area contributed by atoms with Crippen LogP contribution in [-0.4, -0.2) is 36.7 Å². The van der Waals surface area contributed by atoms with Gasteiger partial charge in [0.05, 0.1) is 19.1 Å². The summed E-state index contributed by atoms with van der Waals surface area (Å²) in [4.78, 5) is 26.6. The fraction of sp³-hybridized carbons (Fsp3) is 0.545. The SMILES string of the molecule is CC1CC1(Cn1cnc2cnc(N)nc21)OOP(C)(=O)O. The Balaban J connectivity index is 1.83. The van der Waals surface area contributed by atoms with Gasteiger partial charge < -0.3 is 15.2 Å². The molecule has 9 nitrogen and oxygen atoms in total. The number of hydrogen-bond donors (Lipinski definition) is 2. The average Bonchev–Trinajstić information content (AvgIpc) is 2.85. The lowest BCUT2D eigenvalue weighted by atomic mass is 10.3. The van der Waals surface area contributed by atoms with Crippen molar-refractivity contribution in [1.29, 1.82) is 0 Å². The van der Waals surface area contributed by atoms with Crippen LogP contribution in [0.15, 0.2) is 12.5 Å². The van der Waals surface area contributed by atoms with E-state index in [2.05, 4.69) is 19.6 Å². The molecule has 1 saturated carbocycles. The lowest BCUT2D eigenvalue weighted by molar-refractivity contribution is -0.269. The third-order valence-corrected chi connectivity index (χ3v) is 3.90. The Bertz CT molecular complexity index is 728. The zero-order valence-corrected chi connectivity index (χ0v) is 12.5. The zero-order valence-electron chi connectivity index (χ0n) is 11.6. The van der Waals surface area contributed by atoms with Gasteiger partial charge in [-0.1, -0.05) is 6.92 Å². The second-order valence-corrected chi connectivity index (χ2v) is 7.20. The van der Waals surface area contributed by atoms with E-state index in [0.717, 1.165) is 6.66 Å². The summed E-state index contributed by atoms with van der Waals surface area (Å²) in [7, 11) is -3.69. The number of fused-ring (bicyclic) bond motifs is 1. The van der Waals surface area contributed by atoms with E-state index in [0.29, 0.717) is 24.1 Å². The third kappa shape index (κ3) is 2.91. The summed E-state index contributed by atoms with van der Waals surface area (Å²) >= 11 is 0. The van der Waals surface area contributed by atoms with E-state index in [1.165, 1.54) is 0 Å². The fourth-order valence-electron chi connectivity index (χ4n) is 2.24. The smallest absolute Gasteiger partial charge is 0.352 e. The van der Waals surface area contributed by atoms with E-state index in [4.69, 9.17) is 10.6 Å². The minimum absolute atomic E-state index is 0.160. The molecule has 3 atom stereocenters. The molecule has 21 heavy (non-hydrogen) atoms. The van der Waals surface area contributed by atoms with Crippen LogP contribution < -0.4 is 5.73 Å². The Hall–Kier alpha value is -1.54. The average molecular weight is 313 g/mol. The van der Waals surface area contributed by atoms with Crippen LogP contribution in [0.1, 0.15) is 13.3 Å². The third-order valence-electron chi connectivity index (χ3n) is 3.55. The molecule has 0 aliphatic heterocycles. The van der Waals surface area contributed by atoms with Crippen molar-refractivity contribution in [2.75, 3.05) is 12.4 Å². The molecule has 2 aromatic rings. The van der Waals surface area contributed by atoms with Crippen LogP contribution in [0.3, 0.4) is 0 Å². The molecule has 0 aromatic carbocycles. The topological polar surface area (TPSA) is 125 Å². The maximum atomic E-state index is 11.2. The lowest BCUT2D eigenvalue weighted by Crippen LogP contribution is -2.24. The van der Waals surface area contributed by atoms with Crippen molar-refractivity contribution in [3.63, 3.8) is 0 Å². The van der Waals surface area contributed by atoms with Crippen LogP contribution in [0, 0.1) is 5.92 Å². The fourth-order valence-corrected chi connectivity index (χ4v) is 2.53. The number of nitrogen functional groups attached to an aromatic ring is 1. The summed E-state index contributed by atoms with van der Waals surface area (Å²) in [6.07, 6.45) is 3.87. The van der Waals surface area contributed by atoms with Gasteiger partial charge in [0.15, 0.2) is 5.65 Å². The molecule has 0 saturated heterocycles. The highest BCUT2D eigenvalue weighted by Gasteiger charge is 2.55. The standard InChI is InChI=1S/C11H16N5O4P/c1-7-3-11(7,19-20-21(2,17)18)5-16-6-14-8-4-13-10(12)15-9(8)16/h4,6-7H,3,5H2,1-2H3,(H,17,18)(H2,12,13,15). The first-order valence-electron chi connectivity index (χ1n) is 6.40. The van der Waals surface area contributed by atoms with Crippen LogP contribution >= 0.6 is 7.60 Å². The summed E-state index contributed by atoms with van der Waals surface area (Å²) in [6, 6.07) is 0. The maximum absolute atomic E-state index is 11.2. The Morgan fingerprint density at radius 3 is 2.95 bits per heavy atom. The van der Waals surface area contributed by atoms with E-state index in [1.807, 2.05) is 6.92 Å². The first-order chi connectivity index (χ1) is 9.79. The van der Waals surface area contributed by atoms with Gasteiger partial charge in [-0.25, -0.2) is 14.9 Å². The second kappa shape index (κ2) is 4.74. The summed E-state index contributed by atoms with van der Waals surface area (Å²) < 4.78 is 17.6. The van der Waals surface area contributed by atoms with Gasteiger partial charge in [0.1, 0.15) is 11.1 Å². The van der Waals surface area contributed by atoms with Crippen LogP contribution in [0.4, 0.5) is 5.95 Å². The van der Waals surface area contributed by atoms with Gasteiger partial charge in [-0.05, 0) is 12.3 Å². The van der Waals surface area contributed by atoms with Crippen molar-refractivity contribution >= 4 is 24.7 Å². The normalized spacial score (nSPS) is 27.7. The number of aromatic nitrogens is 4. The molecule has 2 heterocycles. The molecular weight excluding hydrogens is 297 g/mol. The van der Waals surface area contributed by atoms with Crippen molar-refractivity contribution in [2.24, 2.45) is 5.92 Å². The van der Waals surface area contributed by atoms with Crippen LogP contribution in [0.5, 0.6) is 0 Å². The monoisotopic (exact) mass is 313 g/mol. The van der Waals surface area contributed by atoms with Gasteiger partial charge in [-0.15, -0.1) is 4.67 Å². The highest BCUT2D eigenvalue weighted by molar-refractivity contribution is 7.51. The minimum Gasteiger partial charge on any atom is -0.368 e. The minimum atomic E-state index is -3.69. The molecule has 0 radical (unpaired) electrons. The molecular formula is C11H16N5O4P. The van der Waals surface area contributed by atoms with Crippen molar-refractivity contribution in [3.8, 4) is 0 Å². The molecule has 10 heteroatoms. The maximum Gasteiger partial charge on any atom is 0.352 e. The molecule has 1 fully saturated rings. The van der Waals surface area contributed by atoms with Crippen LogP contribution in [0.25, 0.3) is 11.2 Å². The van der Waals surface area contributed by atoms with E-state index in [1.54, 1.807) is 17.1 Å². The molecule has 3 N–H and O–H groups in total. The molecule has 2 aromatic heterocycles. The molecule has 0 bridgehead atoms. The van der Waals surface area contributed by atoms with Crippen molar-refractivity contribution in [1.82, 2.24) is 19.5 Å². The van der Waals surface area contributed by atoms with Gasteiger partial charge in [0.2, 0.25) is 5.95 Å². The number of imidazole rings is 1. The quantitative estimate of drug-likeness (QED) is 0.475. The Labute approximate surface area is 120 Å². The van der Waals surface area contributed by atoms with Crippen LogP contribution in [0.2, 0.25) is 0 Å². The Morgan fingerprint density at radius 1 is 1.62 bits per heavy atom. The van der Waals surface area contributed by atoms with Crippen molar-refractivity contribution in [3.05, 3.63) is 12.5 Å². The summed E-state index contributed by atoms with van der Waals surface area (Å²) in [5.74, 6) is 0.355. The highest BCUT2D eigenvalue weighted by atomic mass is 31.2. The van der Waals surface area contributed by atoms with E-state index < -0.39 is 13.2 Å². The van der Waals surface area contributed by atoms with Crippen molar-refractivity contribution in [2.45, 2.75) is 25.5 Å². The van der Waals surface area contributed by atoms with Gasteiger partial charge >= 0.3 is 7.60 Å². The lowest BCUT2D eigenvalue weighted by Gasteiger charge is -2.18. The number of hydrogen-bond acceptors (Lipinski definition) is 7.